The number of aromatic nitrogens is 2. The highest BCUT2D eigenvalue weighted by molar-refractivity contribution is 6.51. The number of ketones is 1. The smallest absolute Gasteiger partial charge is 0.335 e. The van der Waals surface area contributed by atoms with Gasteiger partial charge in [-0.15, -0.1) is 0 Å². The van der Waals surface area contributed by atoms with Gasteiger partial charge in [-0.25, -0.2) is 9.78 Å². The summed E-state index contributed by atoms with van der Waals surface area (Å²) in [4.78, 5) is 46.9. The molecular weight excluding hydrogens is 533 g/mol. The Morgan fingerprint density at radius 3 is 2.53 bits per heavy atom. The molecule has 0 radical (unpaired) electrons. The number of carbonyl (C=O) groups is 3. The third kappa shape index (κ3) is 4.15. The van der Waals surface area contributed by atoms with Gasteiger partial charge in [0.05, 0.1) is 45.9 Å². The Kier molecular flexibility index (Phi) is 6.34. The van der Waals surface area contributed by atoms with Gasteiger partial charge in [-0.2, -0.15) is 0 Å². The highest BCUT2D eigenvalue weighted by atomic mass is 35.5. The van der Waals surface area contributed by atoms with Gasteiger partial charge in [0.25, 0.3) is 5.78 Å². The number of halogens is 2. The Balaban J connectivity index is 1.77. The molecule has 11 heteroatoms. The van der Waals surface area contributed by atoms with Gasteiger partial charge in [-0.1, -0.05) is 53.0 Å². The van der Waals surface area contributed by atoms with Gasteiger partial charge < -0.3 is 19.9 Å². The lowest BCUT2D eigenvalue weighted by Gasteiger charge is -2.23. The number of aromatic amines is 1. The molecule has 38 heavy (non-hydrogen) atoms. The molecule has 0 spiro atoms. The summed E-state index contributed by atoms with van der Waals surface area (Å²) in [6.07, 6.45) is 0. The molecule has 0 aliphatic carbocycles. The average Bonchev–Trinajstić information content (AvgIpc) is 3.40. The number of carboxylic acid groups (broad SMARTS) is 1. The van der Waals surface area contributed by atoms with Crippen LogP contribution in [-0.2, 0) is 9.59 Å². The summed E-state index contributed by atoms with van der Waals surface area (Å²) >= 11 is 12.4. The van der Waals surface area contributed by atoms with Crippen molar-refractivity contribution in [3.05, 3.63) is 92.5 Å². The number of hydrogen-bond acceptors (Lipinski definition) is 6. The lowest BCUT2D eigenvalue weighted by Crippen LogP contribution is -2.30. The molecule has 1 aromatic heterocycles. The number of nitrogens with zero attached hydrogens (tertiary/aromatic N) is 2. The molecule has 9 nitrogen and oxygen atoms in total. The number of aryl methyl sites for hydroxylation is 1. The molecule has 3 N–H and O–H groups in total. The zero-order chi connectivity index (χ0) is 27.3. The van der Waals surface area contributed by atoms with E-state index in [1.54, 1.807) is 18.2 Å². The number of aliphatic hydroxyl groups excluding tert-OH is 1. The van der Waals surface area contributed by atoms with Gasteiger partial charge in [0, 0.05) is 5.02 Å². The molecule has 3 aromatic carbocycles. The number of anilines is 1. The van der Waals surface area contributed by atoms with Gasteiger partial charge >= 0.3 is 11.9 Å². The topological polar surface area (TPSA) is 133 Å². The van der Waals surface area contributed by atoms with Crippen LogP contribution in [-0.4, -0.2) is 45.0 Å². The number of benzene rings is 3. The Labute approximate surface area is 225 Å². The standard InChI is InChI=1S/C27H19Cl2N3O6/c1-12-4-3-5-13(8-12)21-20(22(33)16-10-15(28)11-17(29)24(16)38-2)23(34)25(35)32(21)27-30-18-7-6-14(26(36)37)9-19(18)31-27/h3-11,21,33H,1-2H3,(H,30,31)(H,36,37)/b22-20+. The summed E-state index contributed by atoms with van der Waals surface area (Å²) in [6, 6.07) is 13.1. The van der Waals surface area contributed by atoms with Gasteiger partial charge in [-0.3, -0.25) is 14.5 Å². The van der Waals surface area contributed by atoms with Crippen LogP contribution in [0.4, 0.5) is 5.95 Å². The minimum atomic E-state index is -1.13. The second kappa shape index (κ2) is 9.51. The summed E-state index contributed by atoms with van der Waals surface area (Å²) in [6.45, 7) is 1.85. The SMILES string of the molecule is COc1c(Cl)cc(Cl)cc1/C(O)=C1\C(=O)C(=O)N(c2nc3ccc(C(=O)O)cc3[nH]2)C1c1cccc(C)c1. The number of hydrogen-bond donors (Lipinski definition) is 3. The molecular formula is C27H19Cl2N3O6. The van der Waals surface area contributed by atoms with Crippen LogP contribution in [0, 0.1) is 6.92 Å². The van der Waals surface area contributed by atoms with E-state index in [0.29, 0.717) is 16.6 Å². The van der Waals surface area contributed by atoms with E-state index in [1.807, 2.05) is 13.0 Å². The van der Waals surface area contributed by atoms with Crippen LogP contribution >= 0.6 is 23.2 Å². The van der Waals surface area contributed by atoms with Crippen molar-refractivity contribution in [1.82, 2.24) is 9.97 Å². The van der Waals surface area contributed by atoms with Crippen molar-refractivity contribution in [2.75, 3.05) is 12.0 Å². The molecule has 192 valence electrons. The first-order chi connectivity index (χ1) is 18.1. The number of H-pyrrole nitrogens is 1. The summed E-state index contributed by atoms with van der Waals surface area (Å²) in [5.74, 6) is -3.47. The fourth-order valence-corrected chi connectivity index (χ4v) is 5.11. The number of fused-ring (bicyclic) bond motifs is 1. The van der Waals surface area contributed by atoms with Gasteiger partial charge in [0.1, 0.15) is 11.5 Å². The second-order valence-corrected chi connectivity index (χ2v) is 9.49. The van der Waals surface area contributed by atoms with E-state index in [0.717, 1.165) is 10.5 Å². The van der Waals surface area contributed by atoms with Crippen LogP contribution in [0.1, 0.15) is 33.1 Å². The van der Waals surface area contributed by atoms with Crippen molar-refractivity contribution in [3.63, 3.8) is 0 Å². The maximum absolute atomic E-state index is 13.5. The molecule has 1 atom stereocenters. The molecule has 1 aliphatic rings. The first-order valence-electron chi connectivity index (χ1n) is 11.2. The molecule has 1 amide bonds. The fourth-order valence-electron chi connectivity index (χ4n) is 4.54. The number of carboxylic acids is 1. The number of amides is 1. The Morgan fingerprint density at radius 1 is 1.08 bits per heavy atom. The zero-order valence-corrected chi connectivity index (χ0v) is 21.5. The van der Waals surface area contributed by atoms with Crippen LogP contribution in [0.5, 0.6) is 5.75 Å². The number of methoxy groups -OCH3 is 1. The van der Waals surface area contributed by atoms with Crippen LogP contribution in [0.3, 0.4) is 0 Å². The molecule has 1 fully saturated rings. The molecule has 1 unspecified atom stereocenters. The molecule has 0 saturated carbocycles. The lowest BCUT2D eigenvalue weighted by atomic mass is 9.94. The van der Waals surface area contributed by atoms with Crippen LogP contribution in [0.15, 0.2) is 60.2 Å². The third-order valence-corrected chi connectivity index (χ3v) is 6.71. The van der Waals surface area contributed by atoms with Crippen molar-refractivity contribution in [1.29, 1.82) is 0 Å². The average molecular weight is 552 g/mol. The first kappa shape index (κ1) is 25.3. The predicted molar refractivity (Wildman–Crippen MR) is 142 cm³/mol. The lowest BCUT2D eigenvalue weighted by molar-refractivity contribution is -0.132. The number of aliphatic hydroxyl groups is 1. The normalized spacial score (nSPS) is 16.8. The van der Waals surface area contributed by atoms with Crippen LogP contribution in [0.2, 0.25) is 10.0 Å². The monoisotopic (exact) mass is 551 g/mol. The van der Waals surface area contributed by atoms with Gasteiger partial charge in [0.2, 0.25) is 5.95 Å². The molecule has 4 aromatic rings. The largest absolute Gasteiger partial charge is 0.507 e. The van der Waals surface area contributed by atoms with Crippen molar-refractivity contribution >= 4 is 63.6 Å². The summed E-state index contributed by atoms with van der Waals surface area (Å²) in [5.41, 5.74) is 1.97. The van der Waals surface area contributed by atoms with E-state index in [2.05, 4.69) is 9.97 Å². The van der Waals surface area contributed by atoms with E-state index in [-0.39, 0.29) is 38.4 Å². The van der Waals surface area contributed by atoms with Gasteiger partial charge in [-0.05, 0) is 42.8 Å². The Morgan fingerprint density at radius 2 is 1.84 bits per heavy atom. The number of nitrogens with one attached hydrogen (secondary N) is 1. The Hall–Kier alpha value is -4.34. The van der Waals surface area contributed by atoms with E-state index >= 15 is 0 Å². The van der Waals surface area contributed by atoms with E-state index < -0.39 is 29.5 Å². The van der Waals surface area contributed by atoms with E-state index in [4.69, 9.17) is 27.9 Å². The minimum absolute atomic E-state index is 0.00582. The molecule has 1 aliphatic heterocycles. The number of aromatic carboxylic acids is 1. The highest BCUT2D eigenvalue weighted by Crippen LogP contribution is 2.44. The molecule has 5 rings (SSSR count). The second-order valence-electron chi connectivity index (χ2n) is 8.65. The highest BCUT2D eigenvalue weighted by Gasteiger charge is 2.48. The van der Waals surface area contributed by atoms with Crippen molar-refractivity contribution in [3.8, 4) is 5.75 Å². The molecule has 1 saturated heterocycles. The quantitative estimate of drug-likeness (QED) is 0.169. The van der Waals surface area contributed by atoms with Crippen LogP contribution < -0.4 is 9.64 Å². The maximum Gasteiger partial charge on any atom is 0.335 e. The fraction of sp³-hybridized carbons (Fsp3) is 0.111. The zero-order valence-electron chi connectivity index (χ0n) is 20.0. The number of imidazole rings is 1. The van der Waals surface area contributed by atoms with Crippen molar-refractivity contribution in [2.45, 2.75) is 13.0 Å². The van der Waals surface area contributed by atoms with E-state index in [1.165, 1.54) is 37.4 Å². The summed E-state index contributed by atoms with van der Waals surface area (Å²) < 4.78 is 5.35. The number of carbonyl (C=O) groups excluding carboxylic acids is 2. The summed E-state index contributed by atoms with van der Waals surface area (Å²) in [7, 11) is 1.35. The Bertz CT molecular complexity index is 1690. The number of Topliss-reactive ketones (excluding diaryl/α,β-unsaturated/α-hetero) is 1. The van der Waals surface area contributed by atoms with Crippen LogP contribution in [0.25, 0.3) is 16.8 Å². The number of ether oxygens (including phenoxy) is 1. The van der Waals surface area contributed by atoms with Crippen molar-refractivity contribution in [2.24, 2.45) is 0 Å². The summed E-state index contributed by atoms with van der Waals surface area (Å²) in [5, 5.41) is 21.1. The maximum atomic E-state index is 13.5. The van der Waals surface area contributed by atoms with Crippen molar-refractivity contribution < 1.29 is 29.3 Å². The first-order valence-corrected chi connectivity index (χ1v) is 12.0. The number of rotatable bonds is 5. The third-order valence-electron chi connectivity index (χ3n) is 6.21. The minimum Gasteiger partial charge on any atom is -0.507 e. The molecule has 2 heterocycles. The van der Waals surface area contributed by atoms with Gasteiger partial charge in [0.15, 0.2) is 0 Å². The molecule has 0 bridgehead atoms. The van der Waals surface area contributed by atoms with E-state index in [9.17, 15) is 24.6 Å². The predicted octanol–water partition coefficient (Wildman–Crippen LogP) is 5.51.